The molecule has 3 aromatic rings. The molecule has 0 radical (unpaired) electrons. The van der Waals surface area contributed by atoms with Gasteiger partial charge in [-0.1, -0.05) is 42.5 Å². The van der Waals surface area contributed by atoms with Gasteiger partial charge in [0.25, 0.3) is 0 Å². The first-order valence-electron chi connectivity index (χ1n) is 8.48. The Bertz CT molecular complexity index is 967. The highest BCUT2D eigenvalue weighted by Gasteiger charge is 2.31. The van der Waals surface area contributed by atoms with E-state index in [0.717, 1.165) is 5.56 Å². The van der Waals surface area contributed by atoms with Crippen LogP contribution in [-0.4, -0.2) is 12.6 Å². The number of carbonyl (C=O) groups excluding carboxylic acids is 1. The Morgan fingerprint density at radius 2 is 1.68 bits per heavy atom. The van der Waals surface area contributed by atoms with Gasteiger partial charge in [-0.05, 0) is 53.4 Å². The Labute approximate surface area is 160 Å². The molecule has 3 rings (SSSR count). The lowest BCUT2D eigenvalue weighted by molar-refractivity contribution is -0.274. The largest absolute Gasteiger partial charge is 0.573 e. The van der Waals surface area contributed by atoms with Gasteiger partial charge in [-0.25, -0.2) is 0 Å². The van der Waals surface area contributed by atoms with Gasteiger partial charge in [0.15, 0.2) is 6.29 Å². The third-order valence-corrected chi connectivity index (χ3v) is 4.06. The van der Waals surface area contributed by atoms with Crippen molar-refractivity contribution >= 4 is 6.29 Å². The molecule has 0 heterocycles. The van der Waals surface area contributed by atoms with Crippen LogP contribution in [0.3, 0.4) is 0 Å². The summed E-state index contributed by atoms with van der Waals surface area (Å²) in [5, 5.41) is 0. The van der Waals surface area contributed by atoms with Crippen LogP contribution in [0.2, 0.25) is 0 Å². The minimum atomic E-state index is -4.77. The molecule has 0 amide bonds. The predicted octanol–water partition coefficient (Wildman–Crippen LogP) is 5.95. The maximum atomic E-state index is 12.5. The van der Waals surface area contributed by atoms with Gasteiger partial charge >= 0.3 is 6.36 Å². The average Bonchev–Trinajstić information content (AvgIpc) is 2.66. The van der Waals surface area contributed by atoms with Crippen LogP contribution in [0, 0.1) is 6.92 Å². The Balaban J connectivity index is 1.89. The molecule has 0 aliphatic heterocycles. The van der Waals surface area contributed by atoms with E-state index in [2.05, 4.69) is 4.74 Å². The van der Waals surface area contributed by atoms with E-state index < -0.39 is 6.36 Å². The second kappa shape index (κ2) is 8.17. The van der Waals surface area contributed by atoms with Crippen molar-refractivity contribution in [3.05, 3.63) is 83.4 Å². The summed E-state index contributed by atoms with van der Waals surface area (Å²) >= 11 is 0. The van der Waals surface area contributed by atoms with Gasteiger partial charge < -0.3 is 9.47 Å². The zero-order valence-corrected chi connectivity index (χ0v) is 15.0. The van der Waals surface area contributed by atoms with Crippen molar-refractivity contribution in [3.8, 4) is 22.6 Å². The Kier molecular flexibility index (Phi) is 5.68. The molecule has 0 spiro atoms. The number of carbonyl (C=O) groups is 1. The average molecular weight is 386 g/mol. The molecular weight excluding hydrogens is 369 g/mol. The Hall–Kier alpha value is -3.28. The van der Waals surface area contributed by atoms with E-state index in [1.165, 1.54) is 18.2 Å². The lowest BCUT2D eigenvalue weighted by Gasteiger charge is -2.15. The fourth-order valence-corrected chi connectivity index (χ4v) is 2.86. The van der Waals surface area contributed by atoms with Crippen LogP contribution in [0.1, 0.15) is 21.5 Å². The van der Waals surface area contributed by atoms with Gasteiger partial charge in [-0.2, -0.15) is 0 Å². The van der Waals surface area contributed by atoms with Crippen LogP contribution in [0.25, 0.3) is 11.1 Å². The number of aldehydes is 1. The molecule has 0 aliphatic carbocycles. The molecule has 0 aromatic heterocycles. The van der Waals surface area contributed by atoms with Crippen LogP contribution >= 0.6 is 0 Å². The minimum Gasteiger partial charge on any atom is -0.488 e. The minimum absolute atomic E-state index is 0.302. The van der Waals surface area contributed by atoms with E-state index in [4.69, 9.17) is 4.74 Å². The van der Waals surface area contributed by atoms with Crippen molar-refractivity contribution < 1.29 is 27.4 Å². The zero-order valence-electron chi connectivity index (χ0n) is 15.0. The van der Waals surface area contributed by atoms with E-state index in [-0.39, 0.29) is 5.75 Å². The number of alkyl halides is 3. The van der Waals surface area contributed by atoms with E-state index in [9.17, 15) is 18.0 Å². The Morgan fingerprint density at radius 1 is 0.929 bits per heavy atom. The second-order valence-corrected chi connectivity index (χ2v) is 6.18. The van der Waals surface area contributed by atoms with E-state index >= 15 is 0 Å². The summed E-state index contributed by atoms with van der Waals surface area (Å²) in [6, 6.07) is 18.5. The van der Waals surface area contributed by atoms with Gasteiger partial charge in [-0.15, -0.1) is 13.2 Å². The second-order valence-electron chi connectivity index (χ2n) is 6.18. The van der Waals surface area contributed by atoms with Crippen LogP contribution in [0.4, 0.5) is 13.2 Å². The molecule has 0 saturated heterocycles. The third-order valence-electron chi connectivity index (χ3n) is 4.06. The van der Waals surface area contributed by atoms with Gasteiger partial charge in [0.2, 0.25) is 0 Å². The molecule has 6 heteroatoms. The highest BCUT2D eigenvalue weighted by molar-refractivity contribution is 5.84. The molecule has 0 saturated carbocycles. The number of hydrogen-bond donors (Lipinski definition) is 0. The smallest absolute Gasteiger partial charge is 0.488 e. The van der Waals surface area contributed by atoms with Crippen LogP contribution in [0.5, 0.6) is 11.5 Å². The van der Waals surface area contributed by atoms with Crippen LogP contribution in [-0.2, 0) is 6.61 Å². The SMILES string of the molecule is Cc1cc(-c2cccc(OC(F)(F)F)c2)cc(C=O)c1OCc1ccccc1. The summed E-state index contributed by atoms with van der Waals surface area (Å²) < 4.78 is 47.1. The molecule has 0 N–H and O–H groups in total. The molecular formula is C22H17F3O3. The normalized spacial score (nSPS) is 11.1. The monoisotopic (exact) mass is 386 g/mol. The van der Waals surface area contributed by atoms with Gasteiger partial charge in [0, 0.05) is 0 Å². The highest BCUT2D eigenvalue weighted by atomic mass is 19.4. The van der Waals surface area contributed by atoms with Gasteiger partial charge in [-0.3, -0.25) is 4.79 Å². The van der Waals surface area contributed by atoms with Gasteiger partial charge in [0.05, 0.1) is 5.56 Å². The van der Waals surface area contributed by atoms with Crippen molar-refractivity contribution in [2.45, 2.75) is 19.9 Å². The number of benzene rings is 3. The molecule has 0 atom stereocenters. The quantitative estimate of drug-likeness (QED) is 0.491. The summed E-state index contributed by atoms with van der Waals surface area (Å²) in [7, 11) is 0. The van der Waals surface area contributed by atoms with Crippen molar-refractivity contribution in [1.82, 2.24) is 0 Å². The van der Waals surface area contributed by atoms with E-state index in [1.807, 2.05) is 30.3 Å². The van der Waals surface area contributed by atoms with Gasteiger partial charge in [0.1, 0.15) is 18.1 Å². The number of ether oxygens (including phenoxy) is 2. The number of rotatable bonds is 6. The third kappa shape index (κ3) is 4.91. The topological polar surface area (TPSA) is 35.5 Å². The highest BCUT2D eigenvalue weighted by Crippen LogP contribution is 2.33. The Morgan fingerprint density at radius 3 is 2.36 bits per heavy atom. The van der Waals surface area contributed by atoms with Crippen molar-refractivity contribution in [3.63, 3.8) is 0 Å². The van der Waals surface area contributed by atoms with Crippen LogP contribution in [0.15, 0.2) is 66.7 Å². The van der Waals surface area contributed by atoms with E-state index in [1.54, 1.807) is 25.1 Å². The van der Waals surface area contributed by atoms with Crippen molar-refractivity contribution in [2.75, 3.05) is 0 Å². The molecule has 3 aromatic carbocycles. The lowest BCUT2D eigenvalue weighted by atomic mass is 9.99. The van der Waals surface area contributed by atoms with Crippen LogP contribution < -0.4 is 9.47 Å². The lowest BCUT2D eigenvalue weighted by Crippen LogP contribution is -2.17. The summed E-state index contributed by atoms with van der Waals surface area (Å²) in [5.74, 6) is 0.130. The maximum Gasteiger partial charge on any atom is 0.573 e. The number of halogens is 3. The molecule has 144 valence electrons. The molecule has 28 heavy (non-hydrogen) atoms. The predicted molar refractivity (Wildman–Crippen MR) is 99.5 cm³/mol. The molecule has 0 bridgehead atoms. The van der Waals surface area contributed by atoms with Crippen molar-refractivity contribution in [1.29, 1.82) is 0 Å². The van der Waals surface area contributed by atoms with Crippen molar-refractivity contribution in [2.24, 2.45) is 0 Å². The summed E-state index contributed by atoms with van der Waals surface area (Å²) in [4.78, 5) is 11.6. The summed E-state index contributed by atoms with van der Waals surface area (Å²) in [5.41, 5.74) is 3.09. The van der Waals surface area contributed by atoms with E-state index in [0.29, 0.717) is 40.9 Å². The maximum absolute atomic E-state index is 12.5. The first-order chi connectivity index (χ1) is 13.4. The molecule has 0 aliphatic rings. The summed E-state index contributed by atoms with van der Waals surface area (Å²) in [6.07, 6.45) is -4.09. The molecule has 0 unspecified atom stereocenters. The molecule has 0 fully saturated rings. The zero-order chi connectivity index (χ0) is 20.1. The summed E-state index contributed by atoms with van der Waals surface area (Å²) in [6.45, 7) is 2.09. The number of aryl methyl sites for hydroxylation is 1. The fraction of sp³-hybridized carbons (Fsp3) is 0.136. The standard InChI is InChI=1S/C22H17F3O3/c1-15-10-18(17-8-5-9-20(12-17)28-22(23,24)25)11-19(13-26)21(15)27-14-16-6-3-2-4-7-16/h2-13H,14H2,1H3. The first-order valence-corrected chi connectivity index (χ1v) is 8.48. The fourth-order valence-electron chi connectivity index (χ4n) is 2.86. The molecule has 3 nitrogen and oxygen atoms in total. The number of hydrogen-bond acceptors (Lipinski definition) is 3. The first kappa shape index (κ1) is 19.5.